The summed E-state index contributed by atoms with van der Waals surface area (Å²) in [5.74, 6) is 0. The van der Waals surface area contributed by atoms with Crippen molar-refractivity contribution in [2.45, 2.75) is 0 Å². The SMILES string of the molecule is O=[PH](O)c1ccccc1.[LiH]. The van der Waals surface area contributed by atoms with Crippen molar-refractivity contribution in [3.8, 4) is 0 Å². The molecule has 50 valence electrons. The van der Waals surface area contributed by atoms with Crippen LogP contribution in [0.15, 0.2) is 30.3 Å². The summed E-state index contributed by atoms with van der Waals surface area (Å²) in [7, 11) is -2.46. The average molecular weight is 150 g/mol. The maximum absolute atomic E-state index is 10.4. The van der Waals surface area contributed by atoms with Gasteiger partial charge in [-0.25, -0.2) is 0 Å². The standard InChI is InChI=1S/C6H7O2P.Li.H/c7-9(8)6-4-2-1-3-5-6;;/h1-5,9H,(H,7,8);;. The van der Waals surface area contributed by atoms with Gasteiger partial charge in [0.1, 0.15) is 0 Å². The molecule has 0 aliphatic carbocycles. The molecule has 0 radical (unpaired) electrons. The van der Waals surface area contributed by atoms with Gasteiger partial charge < -0.3 is 4.89 Å². The van der Waals surface area contributed by atoms with E-state index < -0.39 is 8.03 Å². The molecule has 10 heavy (non-hydrogen) atoms. The van der Waals surface area contributed by atoms with Crippen LogP contribution in [-0.2, 0) is 4.57 Å². The van der Waals surface area contributed by atoms with Crippen molar-refractivity contribution in [3.05, 3.63) is 30.3 Å². The number of hydrogen-bond donors (Lipinski definition) is 1. The van der Waals surface area contributed by atoms with Crippen LogP contribution in [0.25, 0.3) is 0 Å². The zero-order valence-corrected chi connectivity index (χ0v) is 5.74. The Labute approximate surface area is 72.3 Å². The van der Waals surface area contributed by atoms with Gasteiger partial charge in [-0.2, -0.15) is 0 Å². The van der Waals surface area contributed by atoms with Gasteiger partial charge >= 0.3 is 18.9 Å². The summed E-state index contributed by atoms with van der Waals surface area (Å²) in [5.41, 5.74) is 0. The predicted molar refractivity (Wildman–Crippen MR) is 44.4 cm³/mol. The molecule has 0 spiro atoms. The Morgan fingerprint density at radius 3 is 2.00 bits per heavy atom. The molecule has 0 bridgehead atoms. The van der Waals surface area contributed by atoms with E-state index >= 15 is 0 Å². The molecule has 0 amide bonds. The second-order valence-electron chi connectivity index (χ2n) is 1.67. The van der Waals surface area contributed by atoms with Gasteiger partial charge in [-0.1, -0.05) is 18.2 Å². The fraction of sp³-hybridized carbons (Fsp3) is 0. The Hall–Kier alpha value is 0.00740. The van der Waals surface area contributed by atoms with Gasteiger partial charge in [0.2, 0.25) is 8.03 Å². The molecule has 1 unspecified atom stereocenters. The first-order valence-electron chi connectivity index (χ1n) is 2.59. The van der Waals surface area contributed by atoms with E-state index in [0.29, 0.717) is 5.30 Å². The van der Waals surface area contributed by atoms with Crippen LogP contribution >= 0.6 is 8.03 Å². The second-order valence-corrected chi connectivity index (χ2v) is 2.86. The van der Waals surface area contributed by atoms with E-state index in [9.17, 15) is 4.57 Å². The molecule has 0 aliphatic heterocycles. The van der Waals surface area contributed by atoms with Gasteiger partial charge in [0, 0.05) is 5.30 Å². The van der Waals surface area contributed by atoms with Crippen LogP contribution in [0.4, 0.5) is 0 Å². The third-order valence-corrected chi connectivity index (χ3v) is 1.85. The van der Waals surface area contributed by atoms with Gasteiger partial charge in [0.05, 0.1) is 0 Å². The van der Waals surface area contributed by atoms with Gasteiger partial charge in [-0.3, -0.25) is 4.57 Å². The van der Waals surface area contributed by atoms with Crippen molar-refractivity contribution in [2.24, 2.45) is 0 Å². The van der Waals surface area contributed by atoms with Gasteiger partial charge in [0.15, 0.2) is 0 Å². The molecule has 0 heterocycles. The fourth-order valence-electron chi connectivity index (χ4n) is 0.581. The molecule has 1 N–H and O–H groups in total. The van der Waals surface area contributed by atoms with E-state index in [1.54, 1.807) is 24.3 Å². The van der Waals surface area contributed by atoms with E-state index in [2.05, 4.69) is 0 Å². The van der Waals surface area contributed by atoms with Crippen LogP contribution in [0.3, 0.4) is 0 Å². The van der Waals surface area contributed by atoms with Crippen LogP contribution in [0, 0.1) is 0 Å². The first kappa shape index (κ1) is 10.0. The molecule has 1 rings (SSSR count). The van der Waals surface area contributed by atoms with Crippen LogP contribution < -0.4 is 5.30 Å². The number of hydrogen-bond acceptors (Lipinski definition) is 1. The van der Waals surface area contributed by atoms with Crippen molar-refractivity contribution in [1.82, 2.24) is 0 Å². The zero-order valence-electron chi connectivity index (χ0n) is 4.74. The third-order valence-electron chi connectivity index (χ3n) is 1.02. The van der Waals surface area contributed by atoms with E-state index in [-0.39, 0.29) is 18.9 Å². The number of rotatable bonds is 1. The van der Waals surface area contributed by atoms with Gasteiger partial charge in [-0.05, 0) is 12.1 Å². The van der Waals surface area contributed by atoms with E-state index in [4.69, 9.17) is 4.89 Å². The topological polar surface area (TPSA) is 37.3 Å². The summed E-state index contributed by atoms with van der Waals surface area (Å²) in [6, 6.07) is 8.58. The monoisotopic (exact) mass is 150 g/mol. The molecule has 1 aromatic rings. The molecule has 0 aromatic heterocycles. The summed E-state index contributed by atoms with van der Waals surface area (Å²) in [6.07, 6.45) is 0. The molecule has 1 aromatic carbocycles. The summed E-state index contributed by atoms with van der Waals surface area (Å²) < 4.78 is 10.4. The summed E-state index contributed by atoms with van der Waals surface area (Å²) in [5, 5.41) is 0.516. The van der Waals surface area contributed by atoms with Crippen LogP contribution in [0.2, 0.25) is 0 Å². The van der Waals surface area contributed by atoms with Crippen molar-refractivity contribution >= 4 is 32.2 Å². The van der Waals surface area contributed by atoms with Gasteiger partial charge in [-0.15, -0.1) is 0 Å². The number of benzene rings is 1. The first-order chi connectivity index (χ1) is 4.30. The van der Waals surface area contributed by atoms with Crippen molar-refractivity contribution in [1.29, 1.82) is 0 Å². The maximum atomic E-state index is 10.4. The predicted octanol–water partition coefficient (Wildman–Crippen LogP) is 0.130. The van der Waals surface area contributed by atoms with Crippen LogP contribution in [0.1, 0.15) is 0 Å². The summed E-state index contributed by atoms with van der Waals surface area (Å²) in [6.45, 7) is 0. The van der Waals surface area contributed by atoms with E-state index in [1.165, 1.54) is 0 Å². The Balaban J connectivity index is 0.000000810. The Morgan fingerprint density at radius 1 is 1.20 bits per heavy atom. The summed E-state index contributed by atoms with van der Waals surface area (Å²) in [4.78, 5) is 8.57. The quantitative estimate of drug-likeness (QED) is 0.456. The molecule has 0 fully saturated rings. The average Bonchev–Trinajstić information content (AvgIpc) is 1.90. The van der Waals surface area contributed by atoms with Crippen LogP contribution in [0.5, 0.6) is 0 Å². The van der Waals surface area contributed by atoms with Crippen molar-refractivity contribution < 1.29 is 9.46 Å². The Bertz CT molecular complexity index is 212. The molecule has 0 aliphatic rings. The molecule has 0 saturated carbocycles. The normalized spacial score (nSPS) is 11.7. The third kappa shape index (κ3) is 2.73. The fourth-order valence-corrected chi connectivity index (χ4v) is 1.06. The molecule has 0 saturated heterocycles. The molecule has 2 nitrogen and oxygen atoms in total. The molecular formula is C6H8LiO2P. The Kier molecular flexibility index (Phi) is 4.77. The van der Waals surface area contributed by atoms with E-state index in [0.717, 1.165) is 0 Å². The van der Waals surface area contributed by atoms with E-state index in [1.807, 2.05) is 6.07 Å². The van der Waals surface area contributed by atoms with Crippen LogP contribution in [-0.4, -0.2) is 23.8 Å². The second kappa shape index (κ2) is 4.77. The minimum atomic E-state index is -2.46. The first-order valence-corrected chi connectivity index (χ1v) is 3.94. The molecular weight excluding hydrogens is 142 g/mol. The summed E-state index contributed by atoms with van der Waals surface area (Å²) >= 11 is 0. The Morgan fingerprint density at radius 2 is 1.70 bits per heavy atom. The minimum absolute atomic E-state index is 0. The molecule has 1 atom stereocenters. The van der Waals surface area contributed by atoms with Crippen molar-refractivity contribution in [3.63, 3.8) is 0 Å². The van der Waals surface area contributed by atoms with Crippen molar-refractivity contribution in [2.75, 3.05) is 0 Å². The molecule has 4 heteroatoms. The zero-order chi connectivity index (χ0) is 6.69. The van der Waals surface area contributed by atoms with Gasteiger partial charge in [0.25, 0.3) is 0 Å².